The van der Waals surface area contributed by atoms with Crippen LogP contribution in [0.3, 0.4) is 0 Å². The number of hydrogen-bond donors (Lipinski definition) is 0. The molecule has 0 aliphatic heterocycles. The molecule has 0 unspecified atom stereocenters. The zero-order valence-corrected chi connectivity index (χ0v) is 30.8. The van der Waals surface area contributed by atoms with Gasteiger partial charge in [0.1, 0.15) is 0 Å². The zero-order chi connectivity index (χ0) is 33.7. The minimum absolute atomic E-state index is 1.32. The van der Waals surface area contributed by atoms with E-state index in [-0.39, 0.29) is 0 Å². The highest BCUT2D eigenvalue weighted by Crippen LogP contribution is 2.59. The Balaban J connectivity index is 1.32. The maximum absolute atomic E-state index is 2.45. The molecule has 4 aromatic heterocycles. The van der Waals surface area contributed by atoms with Crippen LogP contribution >= 0.6 is 45.3 Å². The highest BCUT2D eigenvalue weighted by Gasteiger charge is 2.31. The average Bonchev–Trinajstić information content (AvgIpc) is 3.96. The number of rotatable bonds is 0. The molecule has 1 aliphatic rings. The molecular formula is C48H24S4. The number of thiophene rings is 4. The van der Waals surface area contributed by atoms with Crippen molar-refractivity contribution in [2.24, 2.45) is 0 Å². The predicted molar refractivity (Wildman–Crippen MR) is 233 cm³/mol. The lowest BCUT2D eigenvalue weighted by Crippen LogP contribution is -1.98. The molecule has 1 aliphatic carbocycles. The van der Waals surface area contributed by atoms with Gasteiger partial charge in [-0.3, -0.25) is 0 Å². The van der Waals surface area contributed by atoms with E-state index in [1.807, 2.05) is 45.3 Å². The second-order valence-corrected chi connectivity index (χ2v) is 18.1. The average molecular weight is 729 g/mol. The van der Waals surface area contributed by atoms with E-state index in [0.29, 0.717) is 0 Å². The molecule has 0 radical (unpaired) electrons. The summed E-state index contributed by atoms with van der Waals surface area (Å²) in [4.78, 5) is 0. The quantitative estimate of drug-likeness (QED) is 0.146. The van der Waals surface area contributed by atoms with Gasteiger partial charge < -0.3 is 0 Å². The van der Waals surface area contributed by atoms with Crippen molar-refractivity contribution in [2.75, 3.05) is 0 Å². The van der Waals surface area contributed by atoms with Crippen molar-refractivity contribution < 1.29 is 0 Å². The van der Waals surface area contributed by atoms with E-state index in [4.69, 9.17) is 0 Å². The van der Waals surface area contributed by atoms with Crippen molar-refractivity contribution in [3.63, 3.8) is 0 Å². The van der Waals surface area contributed by atoms with Gasteiger partial charge in [0.15, 0.2) is 0 Å². The van der Waals surface area contributed by atoms with Gasteiger partial charge in [-0.15, -0.1) is 45.3 Å². The molecule has 8 aromatic carbocycles. The van der Waals surface area contributed by atoms with Crippen LogP contribution in [0.2, 0.25) is 0 Å². The Morgan fingerprint density at radius 2 is 0.442 bits per heavy atom. The SMILES string of the molecule is c1ccc2c(c1)sc1c3c(ccc12)-c1ccc2c(sc4ccccc42)c1-c1c(ccc2c1sc1ccccc12)-c1ccc2c(sc4ccccc42)c1-3. The Labute approximate surface area is 314 Å². The largest absolute Gasteiger partial charge is 0.135 e. The zero-order valence-electron chi connectivity index (χ0n) is 27.5. The molecule has 0 atom stereocenters. The van der Waals surface area contributed by atoms with Crippen LogP contribution in [0.1, 0.15) is 0 Å². The molecular weight excluding hydrogens is 705 g/mol. The summed E-state index contributed by atoms with van der Waals surface area (Å²) in [5.74, 6) is 0. The lowest BCUT2D eigenvalue weighted by Gasteiger charge is -2.25. The second kappa shape index (κ2) is 10.2. The maximum atomic E-state index is 2.45. The molecule has 240 valence electrons. The summed E-state index contributed by atoms with van der Waals surface area (Å²) in [6.45, 7) is 0. The minimum atomic E-state index is 1.32. The van der Waals surface area contributed by atoms with Crippen LogP contribution in [0.25, 0.3) is 125 Å². The maximum Gasteiger partial charge on any atom is 0.0440 e. The Bertz CT molecular complexity index is 3060. The summed E-state index contributed by atoms with van der Waals surface area (Å²) in [5, 5.41) is 10.7. The van der Waals surface area contributed by atoms with Gasteiger partial charge in [-0.05, 0) is 46.5 Å². The Morgan fingerprint density at radius 1 is 0.212 bits per heavy atom. The fraction of sp³-hybridized carbons (Fsp3) is 0. The van der Waals surface area contributed by atoms with Crippen molar-refractivity contribution in [1.82, 2.24) is 0 Å². The molecule has 12 aromatic rings. The standard InChI is InChI=1S/C48H24S4/c1-5-13-37-25(9-1)33-21-17-29-30-18-22-35-27-11-3-7-15-39(27)51-47(35)43(30)44-32(20-24-36-28-12-4-8-16-40(28)52-48(36)44)31-19-23-34-26-10-2-6-14-38(26)50-46(34)42(31)41(29)45(33)49-37/h1-24H. The molecule has 4 heteroatoms. The first kappa shape index (κ1) is 28.3. The number of hydrogen-bond acceptors (Lipinski definition) is 4. The van der Waals surface area contributed by atoms with Crippen LogP contribution in [0.4, 0.5) is 0 Å². The summed E-state index contributed by atoms with van der Waals surface area (Å²) >= 11 is 7.80. The molecule has 0 amide bonds. The Hall–Kier alpha value is -5.36. The Kier molecular flexibility index (Phi) is 5.52. The smallest absolute Gasteiger partial charge is 0.0440 e. The van der Waals surface area contributed by atoms with E-state index < -0.39 is 0 Å². The number of fused-ring (bicyclic) bond motifs is 24. The van der Waals surface area contributed by atoms with Gasteiger partial charge in [-0.1, -0.05) is 121 Å². The van der Waals surface area contributed by atoms with E-state index in [0.717, 1.165) is 0 Å². The molecule has 4 heterocycles. The highest BCUT2D eigenvalue weighted by atomic mass is 32.1. The van der Waals surface area contributed by atoms with Crippen LogP contribution in [-0.2, 0) is 0 Å². The lowest BCUT2D eigenvalue weighted by atomic mass is 9.79. The minimum Gasteiger partial charge on any atom is -0.135 e. The van der Waals surface area contributed by atoms with E-state index in [1.165, 1.54) is 125 Å². The van der Waals surface area contributed by atoms with E-state index >= 15 is 0 Å². The van der Waals surface area contributed by atoms with Gasteiger partial charge in [-0.2, -0.15) is 0 Å². The van der Waals surface area contributed by atoms with Crippen molar-refractivity contribution in [1.29, 1.82) is 0 Å². The topological polar surface area (TPSA) is 0 Å². The van der Waals surface area contributed by atoms with Crippen LogP contribution in [-0.4, -0.2) is 0 Å². The fourth-order valence-electron chi connectivity index (χ4n) is 9.05. The summed E-state index contributed by atoms with van der Waals surface area (Å²) in [6.07, 6.45) is 0. The van der Waals surface area contributed by atoms with E-state index in [2.05, 4.69) is 146 Å². The number of benzene rings is 8. The lowest BCUT2D eigenvalue weighted by molar-refractivity contribution is 1.63. The second-order valence-electron chi connectivity index (χ2n) is 13.9. The van der Waals surface area contributed by atoms with Gasteiger partial charge in [-0.25, -0.2) is 0 Å². The van der Waals surface area contributed by atoms with Crippen molar-refractivity contribution in [3.05, 3.63) is 146 Å². The summed E-state index contributed by atoms with van der Waals surface area (Å²) < 4.78 is 10.8. The van der Waals surface area contributed by atoms with Crippen molar-refractivity contribution in [3.8, 4) is 44.5 Å². The highest BCUT2D eigenvalue weighted by molar-refractivity contribution is 7.28. The molecule has 0 saturated heterocycles. The van der Waals surface area contributed by atoms with E-state index in [9.17, 15) is 0 Å². The first-order valence-electron chi connectivity index (χ1n) is 17.6. The van der Waals surface area contributed by atoms with E-state index in [1.54, 1.807) is 0 Å². The van der Waals surface area contributed by atoms with Gasteiger partial charge in [0, 0.05) is 103 Å². The first-order valence-corrected chi connectivity index (χ1v) is 20.9. The predicted octanol–water partition coefficient (Wildman–Crippen LogP) is 16.1. The molecule has 0 saturated carbocycles. The van der Waals surface area contributed by atoms with Gasteiger partial charge in [0.2, 0.25) is 0 Å². The van der Waals surface area contributed by atoms with Crippen molar-refractivity contribution in [2.45, 2.75) is 0 Å². The molecule has 0 spiro atoms. The molecule has 52 heavy (non-hydrogen) atoms. The normalized spacial score (nSPS) is 12.6. The first-order chi connectivity index (χ1) is 25.8. The van der Waals surface area contributed by atoms with Crippen molar-refractivity contribution >= 4 is 126 Å². The Morgan fingerprint density at radius 3 is 0.692 bits per heavy atom. The molecule has 0 bridgehead atoms. The summed E-state index contributed by atoms with van der Waals surface area (Å²) in [6, 6.07) is 55.2. The van der Waals surface area contributed by atoms with Gasteiger partial charge in [0.25, 0.3) is 0 Å². The third kappa shape index (κ3) is 3.56. The third-order valence-electron chi connectivity index (χ3n) is 11.3. The van der Waals surface area contributed by atoms with Crippen LogP contribution < -0.4 is 0 Å². The monoisotopic (exact) mass is 728 g/mol. The van der Waals surface area contributed by atoms with Crippen LogP contribution in [0.5, 0.6) is 0 Å². The molecule has 0 N–H and O–H groups in total. The molecule has 13 rings (SSSR count). The third-order valence-corrected chi connectivity index (χ3v) is 16.1. The fourth-order valence-corrected chi connectivity index (χ4v) is 14.1. The summed E-state index contributed by atoms with van der Waals surface area (Å²) in [5.41, 5.74) is 10.8. The summed E-state index contributed by atoms with van der Waals surface area (Å²) in [7, 11) is 0. The molecule has 0 nitrogen and oxygen atoms in total. The van der Waals surface area contributed by atoms with Crippen LogP contribution in [0, 0.1) is 0 Å². The van der Waals surface area contributed by atoms with Gasteiger partial charge in [0.05, 0.1) is 0 Å². The molecule has 0 fully saturated rings. The van der Waals surface area contributed by atoms with Crippen LogP contribution in [0.15, 0.2) is 146 Å². The van der Waals surface area contributed by atoms with Gasteiger partial charge >= 0.3 is 0 Å².